The second-order valence-corrected chi connectivity index (χ2v) is 9.75. The number of aromatic nitrogens is 2. The quantitative estimate of drug-likeness (QED) is 0.549. The zero-order valence-corrected chi connectivity index (χ0v) is 17.8. The number of sulfone groups is 1. The number of nitrogens with zero attached hydrogens (tertiary/aromatic N) is 4. The number of piperazine rings is 1. The monoisotopic (exact) mass is 468 g/mol. The summed E-state index contributed by atoms with van der Waals surface area (Å²) in [5, 5.41) is 5.92. The molecule has 1 amide bonds. The minimum atomic E-state index is -4.68. The number of alkyl halides is 2. The van der Waals surface area contributed by atoms with Crippen LogP contribution in [-0.2, 0) is 16.4 Å². The van der Waals surface area contributed by atoms with Crippen LogP contribution in [0.25, 0.3) is 10.7 Å². The van der Waals surface area contributed by atoms with Crippen LogP contribution in [0, 0.1) is 0 Å². The van der Waals surface area contributed by atoms with Crippen LogP contribution >= 0.6 is 11.3 Å². The van der Waals surface area contributed by atoms with Gasteiger partial charge in [-0.15, -0.1) is 11.3 Å². The van der Waals surface area contributed by atoms with E-state index in [9.17, 15) is 22.0 Å². The smallest absolute Gasteiger partial charge is 0.338 e. The Morgan fingerprint density at radius 2 is 1.84 bits per heavy atom. The van der Waals surface area contributed by atoms with Gasteiger partial charge in [0.2, 0.25) is 21.6 Å². The molecule has 1 aromatic carbocycles. The van der Waals surface area contributed by atoms with Crippen LogP contribution in [0.2, 0.25) is 0 Å². The first kappa shape index (κ1) is 21.5. The van der Waals surface area contributed by atoms with Crippen LogP contribution in [0.15, 0.2) is 51.2 Å². The van der Waals surface area contributed by atoms with Gasteiger partial charge < -0.3 is 9.42 Å². The summed E-state index contributed by atoms with van der Waals surface area (Å²) < 4.78 is 53.6. The van der Waals surface area contributed by atoms with Gasteiger partial charge in [-0.1, -0.05) is 11.2 Å². The number of carbonyl (C=O) groups is 1. The maximum atomic E-state index is 12.7. The first-order valence-corrected chi connectivity index (χ1v) is 11.8. The molecule has 8 nitrogen and oxygen atoms in total. The largest absolute Gasteiger partial charge is 0.341 e. The molecule has 3 aromatic rings. The van der Waals surface area contributed by atoms with Gasteiger partial charge in [0.05, 0.1) is 16.3 Å². The number of carbonyl (C=O) groups excluding carboxylic acids is 1. The molecular weight excluding hydrogens is 450 g/mol. The predicted octanol–water partition coefficient (Wildman–Crippen LogP) is 2.75. The minimum Gasteiger partial charge on any atom is -0.338 e. The van der Waals surface area contributed by atoms with Crippen LogP contribution in [-0.4, -0.2) is 66.2 Å². The van der Waals surface area contributed by atoms with Crippen molar-refractivity contribution in [1.29, 1.82) is 0 Å². The summed E-state index contributed by atoms with van der Waals surface area (Å²) in [7, 11) is -4.68. The molecule has 0 atom stereocenters. The van der Waals surface area contributed by atoms with Crippen molar-refractivity contribution in [3.63, 3.8) is 0 Å². The highest BCUT2D eigenvalue weighted by Crippen LogP contribution is 2.22. The van der Waals surface area contributed by atoms with Gasteiger partial charge >= 0.3 is 5.76 Å². The van der Waals surface area contributed by atoms with Gasteiger partial charge in [0, 0.05) is 31.7 Å². The maximum absolute atomic E-state index is 12.7. The molecule has 0 unspecified atom stereocenters. The minimum absolute atomic E-state index is 0.249. The lowest BCUT2D eigenvalue weighted by Crippen LogP contribution is -2.48. The molecule has 0 bridgehead atoms. The molecule has 2 aromatic heterocycles. The van der Waals surface area contributed by atoms with Gasteiger partial charge in [0.15, 0.2) is 0 Å². The van der Waals surface area contributed by atoms with E-state index in [1.165, 1.54) is 23.5 Å². The zero-order valence-electron chi connectivity index (χ0n) is 16.1. The Hall–Kier alpha value is -2.70. The van der Waals surface area contributed by atoms with Gasteiger partial charge in [-0.3, -0.25) is 9.69 Å². The number of hydrogen-bond acceptors (Lipinski definition) is 8. The fourth-order valence-electron chi connectivity index (χ4n) is 3.20. The van der Waals surface area contributed by atoms with E-state index in [0.717, 1.165) is 17.0 Å². The van der Waals surface area contributed by atoms with Crippen molar-refractivity contribution in [1.82, 2.24) is 19.9 Å². The summed E-state index contributed by atoms with van der Waals surface area (Å²) in [4.78, 5) is 21.2. The summed E-state index contributed by atoms with van der Waals surface area (Å²) in [6.07, 6.45) is 0. The Morgan fingerprint density at radius 1 is 1.13 bits per heavy atom. The first-order chi connectivity index (χ1) is 14.8. The second kappa shape index (κ2) is 8.81. The van der Waals surface area contributed by atoms with Gasteiger partial charge in [0.1, 0.15) is 0 Å². The van der Waals surface area contributed by atoms with E-state index in [2.05, 4.69) is 15.0 Å². The molecule has 1 fully saturated rings. The molecule has 31 heavy (non-hydrogen) atoms. The predicted molar refractivity (Wildman–Crippen MR) is 108 cm³/mol. The van der Waals surface area contributed by atoms with Crippen molar-refractivity contribution >= 4 is 27.1 Å². The van der Waals surface area contributed by atoms with Crippen molar-refractivity contribution in [2.45, 2.75) is 17.2 Å². The summed E-state index contributed by atoms with van der Waals surface area (Å²) >= 11 is 1.53. The molecule has 3 heterocycles. The van der Waals surface area contributed by atoms with E-state index >= 15 is 0 Å². The van der Waals surface area contributed by atoms with Gasteiger partial charge in [-0.05, 0) is 35.7 Å². The summed E-state index contributed by atoms with van der Waals surface area (Å²) in [6.45, 7) is 2.59. The lowest BCUT2D eigenvalue weighted by molar-refractivity contribution is 0.0615. The third-order valence-electron chi connectivity index (χ3n) is 4.89. The average Bonchev–Trinajstić information content (AvgIpc) is 3.46. The molecule has 1 aliphatic rings. The van der Waals surface area contributed by atoms with Crippen molar-refractivity contribution < 1.29 is 26.5 Å². The van der Waals surface area contributed by atoms with Crippen LogP contribution < -0.4 is 0 Å². The van der Waals surface area contributed by atoms with Crippen LogP contribution in [0.5, 0.6) is 0 Å². The molecule has 1 aliphatic heterocycles. The van der Waals surface area contributed by atoms with Crippen molar-refractivity contribution in [2.24, 2.45) is 0 Å². The van der Waals surface area contributed by atoms with E-state index in [0.29, 0.717) is 44.4 Å². The highest BCUT2D eigenvalue weighted by atomic mass is 32.2. The van der Waals surface area contributed by atoms with Gasteiger partial charge in [-0.25, -0.2) is 8.42 Å². The van der Waals surface area contributed by atoms with E-state index in [1.807, 2.05) is 17.5 Å². The highest BCUT2D eigenvalue weighted by molar-refractivity contribution is 7.91. The summed E-state index contributed by atoms with van der Waals surface area (Å²) in [5.41, 5.74) is 0.249. The fourth-order valence-corrected chi connectivity index (χ4v) is 4.57. The van der Waals surface area contributed by atoms with Crippen molar-refractivity contribution in [3.8, 4) is 10.7 Å². The van der Waals surface area contributed by atoms with Crippen molar-refractivity contribution in [2.75, 3.05) is 26.2 Å². The van der Waals surface area contributed by atoms with Gasteiger partial charge in [-0.2, -0.15) is 13.8 Å². The molecule has 0 N–H and O–H groups in total. The Morgan fingerprint density at radius 3 is 2.45 bits per heavy atom. The third kappa shape index (κ3) is 4.65. The fraction of sp³-hybridized carbons (Fsp3) is 0.316. The lowest BCUT2D eigenvalue weighted by Gasteiger charge is -2.34. The van der Waals surface area contributed by atoms with Crippen LogP contribution in [0.4, 0.5) is 8.78 Å². The van der Waals surface area contributed by atoms with E-state index in [-0.39, 0.29) is 11.5 Å². The lowest BCUT2D eigenvalue weighted by atomic mass is 10.2. The SMILES string of the molecule is O=C(c1ccc(S(=O)(=O)C(F)F)cc1)N1CCN(Cc2nc(-c3cccs3)no2)CC1. The Balaban J connectivity index is 1.33. The molecule has 4 rings (SSSR count). The Bertz CT molecular complexity index is 1140. The molecule has 164 valence electrons. The number of benzene rings is 1. The topological polar surface area (TPSA) is 96.6 Å². The van der Waals surface area contributed by atoms with E-state index in [4.69, 9.17) is 4.52 Å². The molecule has 0 saturated carbocycles. The number of hydrogen-bond donors (Lipinski definition) is 0. The molecule has 0 radical (unpaired) electrons. The van der Waals surface area contributed by atoms with E-state index < -0.39 is 20.5 Å². The number of amides is 1. The van der Waals surface area contributed by atoms with Crippen molar-refractivity contribution in [3.05, 3.63) is 53.2 Å². The highest BCUT2D eigenvalue weighted by Gasteiger charge is 2.28. The average molecular weight is 469 g/mol. The molecule has 0 spiro atoms. The normalized spacial score (nSPS) is 15.5. The van der Waals surface area contributed by atoms with Gasteiger partial charge in [0.25, 0.3) is 5.91 Å². The molecular formula is C19H18F2N4O4S2. The Labute approximate surface area is 181 Å². The summed E-state index contributed by atoms with van der Waals surface area (Å²) in [6, 6.07) is 8.41. The number of halogens is 2. The van der Waals surface area contributed by atoms with E-state index in [1.54, 1.807) is 4.90 Å². The Kier molecular flexibility index (Phi) is 6.12. The molecule has 12 heteroatoms. The third-order valence-corrected chi connectivity index (χ3v) is 7.16. The standard InChI is InChI=1S/C19H18F2N4O4S2/c20-19(21)31(27,28)14-5-3-13(4-6-14)18(26)25-9-7-24(8-10-25)12-16-22-17(23-29-16)15-2-1-11-30-15/h1-6,11,19H,7-10,12H2. The molecule has 0 aliphatic carbocycles. The second-order valence-electron chi connectivity index (χ2n) is 6.89. The zero-order chi connectivity index (χ0) is 22.0. The maximum Gasteiger partial charge on any atom is 0.341 e. The first-order valence-electron chi connectivity index (χ1n) is 9.35. The van der Waals surface area contributed by atoms with Crippen LogP contribution in [0.3, 0.4) is 0 Å². The number of rotatable bonds is 6. The number of thiophene rings is 1. The summed E-state index contributed by atoms with van der Waals surface area (Å²) in [5.74, 6) is -2.73. The van der Waals surface area contributed by atoms with Crippen LogP contribution in [0.1, 0.15) is 16.2 Å². The molecule has 1 saturated heterocycles.